The van der Waals surface area contributed by atoms with E-state index in [1.165, 1.54) is 19.3 Å². The Morgan fingerprint density at radius 1 is 0.905 bits per heavy atom. The second kappa shape index (κ2) is 11.5. The Morgan fingerprint density at radius 3 is 2.19 bits per heavy atom. The molecule has 5 nitrogen and oxygen atoms in total. The molecule has 0 heterocycles. The molecule has 0 N–H and O–H groups in total. The fourth-order valence-electron chi connectivity index (χ4n) is 1.69. The lowest BCUT2D eigenvalue weighted by atomic mass is 10.1. The predicted molar refractivity (Wildman–Crippen MR) is 81.0 cm³/mol. The van der Waals surface area contributed by atoms with Crippen LogP contribution < -0.4 is 0 Å². The van der Waals surface area contributed by atoms with Crippen LogP contribution in [0, 0.1) is 0 Å². The summed E-state index contributed by atoms with van der Waals surface area (Å²) in [5.41, 5.74) is -0.509. The third kappa shape index (κ3) is 15.1. The first-order valence-corrected chi connectivity index (χ1v) is 7.80. The van der Waals surface area contributed by atoms with Crippen molar-refractivity contribution in [2.24, 2.45) is 0 Å². The minimum absolute atomic E-state index is 0.119. The zero-order valence-electron chi connectivity index (χ0n) is 13.9. The third-order valence-electron chi connectivity index (χ3n) is 2.62. The number of unbranched alkanes of at least 4 members (excludes halogenated alkanes) is 4. The number of carbonyl (C=O) groups excluding carboxylic acids is 2. The lowest BCUT2D eigenvalue weighted by Crippen LogP contribution is -2.27. The van der Waals surface area contributed by atoms with Crippen LogP contribution in [0.2, 0.25) is 0 Å². The number of hydrogen-bond donors (Lipinski definition) is 0. The number of esters is 2. The van der Waals surface area contributed by atoms with Gasteiger partial charge in [0.05, 0.1) is 6.61 Å². The lowest BCUT2D eigenvalue weighted by molar-refractivity contribution is -0.161. The molecule has 0 rings (SSSR count). The molecule has 5 heteroatoms. The van der Waals surface area contributed by atoms with Crippen molar-refractivity contribution < 1.29 is 23.8 Å². The van der Waals surface area contributed by atoms with E-state index in [-0.39, 0.29) is 25.8 Å². The van der Waals surface area contributed by atoms with Crippen LogP contribution in [0.5, 0.6) is 0 Å². The summed E-state index contributed by atoms with van der Waals surface area (Å²) in [6.07, 6.45) is 5.97. The normalized spacial score (nSPS) is 11.2. The summed E-state index contributed by atoms with van der Waals surface area (Å²) in [7, 11) is 0. The Balaban J connectivity index is 3.42. The SMILES string of the molecule is CCCCCCCC(=O)OCCOCC(=O)OC(C)(C)C. The van der Waals surface area contributed by atoms with E-state index in [0.29, 0.717) is 6.42 Å². The van der Waals surface area contributed by atoms with E-state index >= 15 is 0 Å². The van der Waals surface area contributed by atoms with Crippen LogP contribution in [0.15, 0.2) is 0 Å². The van der Waals surface area contributed by atoms with Gasteiger partial charge in [-0.2, -0.15) is 0 Å². The van der Waals surface area contributed by atoms with E-state index in [9.17, 15) is 9.59 Å². The highest BCUT2D eigenvalue weighted by atomic mass is 16.6. The van der Waals surface area contributed by atoms with Crippen LogP contribution in [0.1, 0.15) is 66.2 Å². The van der Waals surface area contributed by atoms with Crippen molar-refractivity contribution in [1.29, 1.82) is 0 Å². The summed E-state index contributed by atoms with van der Waals surface area (Å²) < 4.78 is 15.2. The predicted octanol–water partition coefficient (Wildman–Crippen LogP) is 3.25. The van der Waals surface area contributed by atoms with Crippen LogP contribution in [0.4, 0.5) is 0 Å². The molecule has 0 spiro atoms. The number of hydrogen-bond acceptors (Lipinski definition) is 5. The van der Waals surface area contributed by atoms with Gasteiger partial charge in [-0.3, -0.25) is 4.79 Å². The van der Waals surface area contributed by atoms with Crippen molar-refractivity contribution in [3.05, 3.63) is 0 Å². The van der Waals surface area contributed by atoms with Crippen molar-refractivity contribution in [1.82, 2.24) is 0 Å². The molecular weight excluding hydrogens is 272 g/mol. The van der Waals surface area contributed by atoms with Crippen molar-refractivity contribution in [2.45, 2.75) is 71.8 Å². The molecule has 124 valence electrons. The molecule has 0 bridgehead atoms. The molecule has 0 saturated carbocycles. The van der Waals surface area contributed by atoms with Gasteiger partial charge in [0.1, 0.15) is 18.8 Å². The van der Waals surface area contributed by atoms with Gasteiger partial charge in [-0.1, -0.05) is 32.6 Å². The van der Waals surface area contributed by atoms with Gasteiger partial charge in [-0.25, -0.2) is 4.79 Å². The van der Waals surface area contributed by atoms with Crippen molar-refractivity contribution in [3.63, 3.8) is 0 Å². The monoisotopic (exact) mass is 302 g/mol. The second-order valence-corrected chi connectivity index (χ2v) is 6.02. The molecule has 0 atom stereocenters. The van der Waals surface area contributed by atoms with E-state index in [4.69, 9.17) is 14.2 Å². The molecule has 0 unspecified atom stereocenters. The molecule has 0 fully saturated rings. The Morgan fingerprint density at radius 2 is 1.57 bits per heavy atom. The van der Waals surface area contributed by atoms with E-state index in [1.54, 1.807) is 20.8 Å². The van der Waals surface area contributed by atoms with Crippen LogP contribution in [0.25, 0.3) is 0 Å². The van der Waals surface area contributed by atoms with E-state index < -0.39 is 11.6 Å². The Hall–Kier alpha value is -1.10. The maximum atomic E-state index is 11.4. The number of carbonyl (C=O) groups is 2. The van der Waals surface area contributed by atoms with Gasteiger partial charge < -0.3 is 14.2 Å². The molecule has 0 aliphatic rings. The summed E-state index contributed by atoms with van der Waals surface area (Å²) in [5, 5.41) is 0. The Kier molecular flexibility index (Phi) is 10.9. The van der Waals surface area contributed by atoms with Gasteiger partial charge >= 0.3 is 11.9 Å². The fourth-order valence-corrected chi connectivity index (χ4v) is 1.69. The highest BCUT2D eigenvalue weighted by molar-refractivity contribution is 5.71. The van der Waals surface area contributed by atoms with Crippen LogP contribution in [0.3, 0.4) is 0 Å². The zero-order valence-corrected chi connectivity index (χ0v) is 13.9. The standard InChI is InChI=1S/C16H30O5/c1-5-6-7-8-9-10-14(17)20-12-11-19-13-15(18)21-16(2,3)4/h5-13H2,1-4H3. The molecule has 0 aliphatic carbocycles. The molecule has 0 aliphatic heterocycles. The molecule has 0 amide bonds. The van der Waals surface area contributed by atoms with Crippen molar-refractivity contribution >= 4 is 11.9 Å². The van der Waals surface area contributed by atoms with Crippen molar-refractivity contribution in [3.8, 4) is 0 Å². The van der Waals surface area contributed by atoms with Crippen LogP contribution >= 0.6 is 0 Å². The van der Waals surface area contributed by atoms with Gasteiger partial charge in [0.25, 0.3) is 0 Å². The highest BCUT2D eigenvalue weighted by Gasteiger charge is 2.15. The highest BCUT2D eigenvalue weighted by Crippen LogP contribution is 2.07. The summed E-state index contributed by atoms with van der Waals surface area (Å²) in [4.78, 5) is 22.7. The van der Waals surface area contributed by atoms with Crippen molar-refractivity contribution in [2.75, 3.05) is 19.8 Å². The molecule has 0 aromatic carbocycles. The molecule has 0 radical (unpaired) electrons. The zero-order chi connectivity index (χ0) is 16.1. The maximum Gasteiger partial charge on any atom is 0.332 e. The van der Waals surface area contributed by atoms with Crippen LogP contribution in [-0.2, 0) is 23.8 Å². The maximum absolute atomic E-state index is 11.4. The number of ether oxygens (including phenoxy) is 3. The summed E-state index contributed by atoms with van der Waals surface area (Å²) in [5.74, 6) is -0.614. The second-order valence-electron chi connectivity index (χ2n) is 6.02. The average molecular weight is 302 g/mol. The van der Waals surface area contributed by atoms with Gasteiger partial charge in [0.2, 0.25) is 0 Å². The minimum atomic E-state index is -0.509. The smallest absolute Gasteiger partial charge is 0.332 e. The van der Waals surface area contributed by atoms with Gasteiger partial charge in [0.15, 0.2) is 0 Å². The van der Waals surface area contributed by atoms with Crippen LogP contribution in [-0.4, -0.2) is 37.4 Å². The first-order chi connectivity index (χ1) is 9.85. The quantitative estimate of drug-likeness (QED) is 0.433. The van der Waals surface area contributed by atoms with E-state index in [1.807, 2.05) is 0 Å². The number of rotatable bonds is 11. The third-order valence-corrected chi connectivity index (χ3v) is 2.62. The van der Waals surface area contributed by atoms with E-state index in [2.05, 4.69) is 6.92 Å². The van der Waals surface area contributed by atoms with E-state index in [0.717, 1.165) is 12.8 Å². The summed E-state index contributed by atoms with van der Waals surface area (Å²) in [6, 6.07) is 0. The average Bonchev–Trinajstić information content (AvgIpc) is 2.36. The first kappa shape index (κ1) is 19.9. The van der Waals surface area contributed by atoms with Gasteiger partial charge in [0, 0.05) is 6.42 Å². The molecule has 21 heavy (non-hydrogen) atoms. The first-order valence-electron chi connectivity index (χ1n) is 7.80. The molecule has 0 aromatic rings. The fraction of sp³-hybridized carbons (Fsp3) is 0.875. The molecular formula is C16H30O5. The lowest BCUT2D eigenvalue weighted by Gasteiger charge is -2.19. The largest absolute Gasteiger partial charge is 0.463 e. The van der Waals surface area contributed by atoms with Gasteiger partial charge in [-0.15, -0.1) is 0 Å². The minimum Gasteiger partial charge on any atom is -0.463 e. The van der Waals surface area contributed by atoms with Gasteiger partial charge in [-0.05, 0) is 27.2 Å². The Labute approximate surface area is 128 Å². The summed E-state index contributed by atoms with van der Waals surface area (Å²) >= 11 is 0. The topological polar surface area (TPSA) is 61.8 Å². The molecule has 0 saturated heterocycles. The summed E-state index contributed by atoms with van der Waals surface area (Å²) in [6.45, 7) is 7.82. The molecule has 0 aromatic heterocycles. The Bertz CT molecular complexity index is 294.